The SMILES string of the molecule is CNc1nc(Nc2cc(-c3ccccc3)nn2[C@H]2CCCCO2)cc(O[C@H]2CCC[C@H]2O)c1C=N. The van der Waals surface area contributed by atoms with Crippen molar-refractivity contribution in [2.45, 2.75) is 57.0 Å². The number of anilines is 3. The van der Waals surface area contributed by atoms with Crippen LogP contribution in [0.1, 0.15) is 50.3 Å². The number of aliphatic hydroxyl groups excluding tert-OH is 1. The third kappa shape index (κ3) is 5.01. The molecule has 0 spiro atoms. The number of rotatable bonds is 8. The van der Waals surface area contributed by atoms with Gasteiger partial charge in [-0.1, -0.05) is 30.3 Å². The van der Waals surface area contributed by atoms with Crippen LogP contribution < -0.4 is 15.4 Å². The van der Waals surface area contributed by atoms with Gasteiger partial charge in [0, 0.05) is 37.6 Å². The highest BCUT2D eigenvalue weighted by Gasteiger charge is 2.28. The number of nitrogens with zero attached hydrogens (tertiary/aromatic N) is 3. The first-order valence-corrected chi connectivity index (χ1v) is 12.3. The number of hydrogen-bond donors (Lipinski definition) is 4. The van der Waals surface area contributed by atoms with Crippen LogP contribution in [0.15, 0.2) is 42.5 Å². The average molecular weight is 477 g/mol. The van der Waals surface area contributed by atoms with E-state index in [1.807, 2.05) is 41.1 Å². The van der Waals surface area contributed by atoms with Gasteiger partial charge < -0.3 is 30.6 Å². The molecule has 184 valence electrons. The normalized spacial score (nSPS) is 22.1. The van der Waals surface area contributed by atoms with Gasteiger partial charge in [0.05, 0.1) is 17.4 Å². The van der Waals surface area contributed by atoms with E-state index in [1.165, 1.54) is 6.21 Å². The standard InChI is InChI=1S/C26H32N6O3/c1-28-26-18(16-27)22(35-21-11-7-10-20(21)33)15-23(30-26)29-24-14-19(17-8-3-2-4-9-17)31-32(24)25-12-5-6-13-34-25/h2-4,8-9,14-16,20-21,25,27,33H,5-7,10-13H2,1H3,(H2,28,29,30)/t20-,21+,25-/m1/s1. The van der Waals surface area contributed by atoms with Crippen molar-refractivity contribution < 1.29 is 14.6 Å². The first-order chi connectivity index (χ1) is 17.2. The van der Waals surface area contributed by atoms with E-state index in [0.717, 1.165) is 55.6 Å². The summed E-state index contributed by atoms with van der Waals surface area (Å²) < 4.78 is 14.1. The average Bonchev–Trinajstić information content (AvgIpc) is 3.51. The van der Waals surface area contributed by atoms with Crippen LogP contribution in [-0.4, -0.2) is 51.9 Å². The Morgan fingerprint density at radius 2 is 2.00 bits per heavy atom. The molecule has 9 nitrogen and oxygen atoms in total. The Hall–Kier alpha value is -3.43. The molecular weight excluding hydrogens is 444 g/mol. The molecule has 3 aromatic rings. The van der Waals surface area contributed by atoms with E-state index in [-0.39, 0.29) is 12.3 Å². The molecule has 5 rings (SSSR count). The van der Waals surface area contributed by atoms with E-state index in [4.69, 9.17) is 20.0 Å². The maximum atomic E-state index is 10.3. The summed E-state index contributed by atoms with van der Waals surface area (Å²) in [6.45, 7) is 0.711. The molecule has 1 saturated carbocycles. The molecular formula is C26H32N6O3. The number of hydrogen-bond acceptors (Lipinski definition) is 8. The summed E-state index contributed by atoms with van der Waals surface area (Å²) in [6.07, 6.45) is 5.73. The zero-order valence-electron chi connectivity index (χ0n) is 19.9. The smallest absolute Gasteiger partial charge is 0.152 e. The second-order valence-corrected chi connectivity index (χ2v) is 8.99. The monoisotopic (exact) mass is 476 g/mol. The number of benzene rings is 1. The topological polar surface area (TPSA) is 117 Å². The molecule has 35 heavy (non-hydrogen) atoms. The fourth-order valence-corrected chi connectivity index (χ4v) is 4.74. The maximum absolute atomic E-state index is 10.3. The van der Waals surface area contributed by atoms with Crippen molar-refractivity contribution in [3.8, 4) is 17.0 Å². The molecule has 1 saturated heterocycles. The van der Waals surface area contributed by atoms with Gasteiger partial charge in [-0.25, -0.2) is 9.67 Å². The number of ether oxygens (including phenoxy) is 2. The summed E-state index contributed by atoms with van der Waals surface area (Å²) in [7, 11) is 1.76. The van der Waals surface area contributed by atoms with Crippen molar-refractivity contribution in [1.82, 2.24) is 14.8 Å². The van der Waals surface area contributed by atoms with Crippen molar-refractivity contribution in [3.05, 3.63) is 48.0 Å². The fourth-order valence-electron chi connectivity index (χ4n) is 4.74. The molecule has 2 aliphatic rings. The fraction of sp³-hybridized carbons (Fsp3) is 0.423. The Labute approximate surface area is 205 Å². The lowest BCUT2D eigenvalue weighted by Crippen LogP contribution is -2.26. The Kier molecular flexibility index (Phi) is 6.96. The first kappa shape index (κ1) is 23.3. The van der Waals surface area contributed by atoms with Gasteiger partial charge in [0.1, 0.15) is 29.3 Å². The summed E-state index contributed by atoms with van der Waals surface area (Å²) in [4.78, 5) is 4.68. The van der Waals surface area contributed by atoms with Gasteiger partial charge in [-0.05, 0) is 38.5 Å². The predicted molar refractivity (Wildman–Crippen MR) is 136 cm³/mol. The number of aromatic nitrogens is 3. The number of nitrogens with one attached hydrogen (secondary N) is 3. The van der Waals surface area contributed by atoms with E-state index in [0.29, 0.717) is 29.6 Å². The van der Waals surface area contributed by atoms with Gasteiger partial charge in [-0.2, -0.15) is 5.10 Å². The molecule has 0 bridgehead atoms. The third-order valence-corrected chi connectivity index (χ3v) is 6.59. The molecule has 1 aromatic carbocycles. The lowest BCUT2D eigenvalue weighted by atomic mass is 10.1. The van der Waals surface area contributed by atoms with Crippen LogP contribution in [0.4, 0.5) is 17.5 Å². The van der Waals surface area contributed by atoms with Crippen molar-refractivity contribution in [2.75, 3.05) is 24.3 Å². The minimum Gasteiger partial charge on any atom is -0.487 e. The van der Waals surface area contributed by atoms with Crippen LogP contribution in [0.25, 0.3) is 11.3 Å². The maximum Gasteiger partial charge on any atom is 0.152 e. The minimum atomic E-state index is -0.505. The highest BCUT2D eigenvalue weighted by atomic mass is 16.5. The molecule has 2 fully saturated rings. The summed E-state index contributed by atoms with van der Waals surface area (Å²) in [5.41, 5.74) is 2.41. The molecule has 1 aliphatic heterocycles. The molecule has 3 atom stereocenters. The van der Waals surface area contributed by atoms with Gasteiger partial charge in [-0.3, -0.25) is 0 Å². The van der Waals surface area contributed by atoms with E-state index < -0.39 is 6.10 Å². The Balaban J connectivity index is 1.51. The zero-order chi connectivity index (χ0) is 24.2. The van der Waals surface area contributed by atoms with Gasteiger partial charge in [0.25, 0.3) is 0 Å². The van der Waals surface area contributed by atoms with E-state index in [1.54, 1.807) is 13.1 Å². The largest absolute Gasteiger partial charge is 0.487 e. The van der Waals surface area contributed by atoms with Gasteiger partial charge >= 0.3 is 0 Å². The van der Waals surface area contributed by atoms with Crippen molar-refractivity contribution in [1.29, 1.82) is 5.41 Å². The highest BCUT2D eigenvalue weighted by Crippen LogP contribution is 2.35. The van der Waals surface area contributed by atoms with Crippen LogP contribution in [0.2, 0.25) is 0 Å². The van der Waals surface area contributed by atoms with Gasteiger partial charge in [0.2, 0.25) is 0 Å². The molecule has 4 N–H and O–H groups in total. The van der Waals surface area contributed by atoms with Crippen LogP contribution in [-0.2, 0) is 4.74 Å². The molecule has 3 heterocycles. The van der Waals surface area contributed by atoms with E-state index in [2.05, 4.69) is 15.6 Å². The second kappa shape index (κ2) is 10.5. The molecule has 0 unspecified atom stereocenters. The molecule has 0 amide bonds. The van der Waals surface area contributed by atoms with Crippen LogP contribution in [0.5, 0.6) is 5.75 Å². The van der Waals surface area contributed by atoms with E-state index >= 15 is 0 Å². The first-order valence-electron chi connectivity index (χ1n) is 12.3. The van der Waals surface area contributed by atoms with Crippen LogP contribution in [0.3, 0.4) is 0 Å². The second-order valence-electron chi connectivity index (χ2n) is 8.99. The summed E-state index contributed by atoms with van der Waals surface area (Å²) in [5.74, 6) is 2.35. The molecule has 0 radical (unpaired) electrons. The summed E-state index contributed by atoms with van der Waals surface area (Å²) in [6, 6.07) is 13.8. The van der Waals surface area contributed by atoms with Gasteiger partial charge in [-0.15, -0.1) is 0 Å². The number of pyridine rings is 1. The minimum absolute atomic E-state index is 0.155. The molecule has 1 aliphatic carbocycles. The number of aliphatic hydroxyl groups is 1. The lowest BCUT2D eigenvalue weighted by molar-refractivity contribution is -0.0379. The molecule has 2 aromatic heterocycles. The van der Waals surface area contributed by atoms with Crippen molar-refractivity contribution in [2.24, 2.45) is 0 Å². The quantitative estimate of drug-likeness (QED) is 0.348. The zero-order valence-corrected chi connectivity index (χ0v) is 19.9. The summed E-state index contributed by atoms with van der Waals surface area (Å²) >= 11 is 0. The summed E-state index contributed by atoms with van der Waals surface area (Å²) in [5, 5.41) is 29.6. The van der Waals surface area contributed by atoms with Crippen molar-refractivity contribution in [3.63, 3.8) is 0 Å². The Bertz CT molecular complexity index is 1160. The van der Waals surface area contributed by atoms with E-state index in [9.17, 15) is 5.11 Å². The van der Waals surface area contributed by atoms with Crippen molar-refractivity contribution >= 4 is 23.7 Å². The van der Waals surface area contributed by atoms with Crippen LogP contribution in [0, 0.1) is 5.41 Å². The third-order valence-electron chi connectivity index (χ3n) is 6.59. The predicted octanol–water partition coefficient (Wildman–Crippen LogP) is 4.72. The Morgan fingerprint density at radius 3 is 2.69 bits per heavy atom. The highest BCUT2D eigenvalue weighted by molar-refractivity contribution is 5.89. The van der Waals surface area contributed by atoms with Crippen LogP contribution >= 0.6 is 0 Å². The lowest BCUT2D eigenvalue weighted by Gasteiger charge is -2.25. The Morgan fingerprint density at radius 1 is 1.14 bits per heavy atom. The van der Waals surface area contributed by atoms with Gasteiger partial charge in [0.15, 0.2) is 6.23 Å². The molecule has 9 heteroatoms.